The van der Waals surface area contributed by atoms with Gasteiger partial charge < -0.3 is 10.3 Å². The van der Waals surface area contributed by atoms with Gasteiger partial charge in [-0.05, 0) is 36.8 Å². The molecule has 2 N–H and O–H groups in total. The second-order valence-electron chi connectivity index (χ2n) is 5.90. The van der Waals surface area contributed by atoms with Gasteiger partial charge in [-0.25, -0.2) is 0 Å². The van der Waals surface area contributed by atoms with Crippen molar-refractivity contribution in [1.82, 2.24) is 10.1 Å². The van der Waals surface area contributed by atoms with E-state index in [1.807, 2.05) is 18.2 Å². The number of aromatic nitrogens is 2. The number of rotatable bonds is 4. The summed E-state index contributed by atoms with van der Waals surface area (Å²) in [6.07, 6.45) is 2.99. The van der Waals surface area contributed by atoms with Crippen molar-refractivity contribution in [1.29, 1.82) is 0 Å². The first-order chi connectivity index (χ1) is 11.2. The van der Waals surface area contributed by atoms with Crippen LogP contribution in [0, 0.1) is 0 Å². The van der Waals surface area contributed by atoms with Crippen molar-refractivity contribution in [2.75, 3.05) is 0 Å². The van der Waals surface area contributed by atoms with Crippen LogP contribution in [0.25, 0.3) is 10.8 Å². The normalized spacial score (nSPS) is 15.8. The van der Waals surface area contributed by atoms with Gasteiger partial charge >= 0.3 is 0 Å². The summed E-state index contributed by atoms with van der Waals surface area (Å²) in [6, 6.07) is 12.1. The molecule has 0 bridgehead atoms. The van der Waals surface area contributed by atoms with Crippen LogP contribution in [0.4, 0.5) is 0 Å². The van der Waals surface area contributed by atoms with Crippen molar-refractivity contribution >= 4 is 46.5 Å². The zero-order valence-corrected chi connectivity index (χ0v) is 15.3. The molecule has 2 aromatic carbocycles. The molecule has 0 saturated heterocycles. The number of halogens is 2. The third-order valence-corrected chi connectivity index (χ3v) is 5.68. The number of thioether (sulfide) groups is 1. The molecule has 0 unspecified atom stereocenters. The minimum absolute atomic E-state index is 0. The number of nitrogens with zero attached hydrogens (tertiary/aromatic N) is 2. The molecule has 24 heavy (non-hydrogen) atoms. The summed E-state index contributed by atoms with van der Waals surface area (Å²) in [6.45, 7) is 0. The lowest BCUT2D eigenvalue weighted by molar-refractivity contribution is 0.229. The Hall–Kier alpha value is -1.27. The lowest BCUT2D eigenvalue weighted by Crippen LogP contribution is -2.44. The summed E-state index contributed by atoms with van der Waals surface area (Å²) in [4.78, 5) is 5.58. The minimum Gasteiger partial charge on any atom is -0.338 e. The summed E-state index contributed by atoms with van der Waals surface area (Å²) < 4.78 is 5.36. The maximum Gasteiger partial charge on any atom is 0.237 e. The Morgan fingerprint density at radius 1 is 1.21 bits per heavy atom. The van der Waals surface area contributed by atoms with Gasteiger partial charge in [0, 0.05) is 15.3 Å². The average molecular weight is 382 g/mol. The Balaban J connectivity index is 0.00000169. The van der Waals surface area contributed by atoms with Gasteiger partial charge in [0.2, 0.25) is 5.89 Å². The van der Waals surface area contributed by atoms with E-state index in [-0.39, 0.29) is 17.9 Å². The molecule has 1 aliphatic rings. The fourth-order valence-electron chi connectivity index (χ4n) is 2.82. The third kappa shape index (κ3) is 3.14. The maximum atomic E-state index is 6.35. The highest BCUT2D eigenvalue weighted by Gasteiger charge is 2.38. The van der Waals surface area contributed by atoms with Gasteiger partial charge in [-0.2, -0.15) is 4.98 Å². The fraction of sp³-hybridized carbons (Fsp3) is 0.294. The van der Waals surface area contributed by atoms with Crippen LogP contribution < -0.4 is 5.73 Å². The Kier molecular flexibility index (Phi) is 5.06. The Bertz CT molecular complexity index is 859. The largest absolute Gasteiger partial charge is 0.338 e. The van der Waals surface area contributed by atoms with Gasteiger partial charge in [0.05, 0.1) is 11.3 Å². The zero-order valence-electron chi connectivity index (χ0n) is 12.9. The molecule has 7 heteroatoms. The van der Waals surface area contributed by atoms with Crippen LogP contribution in [-0.4, -0.2) is 10.1 Å². The van der Waals surface area contributed by atoms with Crippen molar-refractivity contribution in [3.05, 3.63) is 53.1 Å². The van der Waals surface area contributed by atoms with Crippen LogP contribution in [0.3, 0.4) is 0 Å². The number of benzene rings is 2. The molecule has 1 fully saturated rings. The van der Waals surface area contributed by atoms with Gasteiger partial charge in [-0.1, -0.05) is 41.0 Å². The lowest BCUT2D eigenvalue weighted by atomic mass is 9.77. The summed E-state index contributed by atoms with van der Waals surface area (Å²) in [5, 5.41) is 7.00. The predicted octanol–water partition coefficient (Wildman–Crippen LogP) is 4.93. The van der Waals surface area contributed by atoms with Crippen molar-refractivity contribution in [2.24, 2.45) is 5.73 Å². The minimum atomic E-state index is -0.380. The van der Waals surface area contributed by atoms with Crippen LogP contribution in [-0.2, 0) is 11.3 Å². The topological polar surface area (TPSA) is 64.9 Å². The molecule has 1 aromatic heterocycles. The molecule has 0 amide bonds. The number of hydrogen-bond donors (Lipinski definition) is 1. The van der Waals surface area contributed by atoms with Gasteiger partial charge in [-0.3, -0.25) is 0 Å². The molecule has 0 aliphatic heterocycles. The smallest absolute Gasteiger partial charge is 0.237 e. The van der Waals surface area contributed by atoms with E-state index >= 15 is 0 Å². The molecule has 4 nitrogen and oxygen atoms in total. The van der Waals surface area contributed by atoms with E-state index in [9.17, 15) is 0 Å². The van der Waals surface area contributed by atoms with E-state index in [0.717, 1.165) is 40.0 Å². The molecule has 4 rings (SSSR count). The van der Waals surface area contributed by atoms with E-state index in [1.54, 1.807) is 11.8 Å². The molecule has 1 heterocycles. The maximum absolute atomic E-state index is 6.35. The lowest BCUT2D eigenvalue weighted by Gasteiger charge is -2.34. The molecule has 1 saturated carbocycles. The molecule has 0 atom stereocenters. The highest BCUT2D eigenvalue weighted by Crippen LogP contribution is 2.38. The predicted molar refractivity (Wildman–Crippen MR) is 99.8 cm³/mol. The first kappa shape index (κ1) is 17.5. The van der Waals surface area contributed by atoms with Crippen LogP contribution >= 0.6 is 35.8 Å². The summed E-state index contributed by atoms with van der Waals surface area (Å²) >= 11 is 8.00. The average Bonchev–Trinajstić information content (AvgIpc) is 3.00. The first-order valence-electron chi connectivity index (χ1n) is 7.58. The van der Waals surface area contributed by atoms with E-state index < -0.39 is 0 Å². The van der Waals surface area contributed by atoms with Crippen molar-refractivity contribution in [2.45, 2.75) is 35.4 Å². The second kappa shape index (κ2) is 6.92. The van der Waals surface area contributed by atoms with E-state index in [0.29, 0.717) is 17.5 Å². The molecule has 0 spiro atoms. The third-order valence-electron chi connectivity index (χ3n) is 4.33. The van der Waals surface area contributed by atoms with Crippen LogP contribution in [0.15, 0.2) is 45.8 Å². The van der Waals surface area contributed by atoms with Crippen molar-refractivity contribution < 1.29 is 4.52 Å². The zero-order chi connectivity index (χ0) is 15.9. The summed E-state index contributed by atoms with van der Waals surface area (Å²) in [7, 11) is 0. The highest BCUT2D eigenvalue weighted by molar-refractivity contribution is 7.98. The fourth-order valence-corrected chi connectivity index (χ4v) is 4.10. The van der Waals surface area contributed by atoms with Crippen LogP contribution in [0.2, 0.25) is 5.02 Å². The SMILES string of the molecule is Cl.NC1(c2noc(CSc3cccc4cccc(Cl)c34)n2)CCC1. The van der Waals surface area contributed by atoms with Gasteiger partial charge in [-0.15, -0.1) is 24.2 Å². The molecule has 1 aliphatic carbocycles. The summed E-state index contributed by atoms with van der Waals surface area (Å²) in [5.74, 6) is 1.84. The monoisotopic (exact) mass is 381 g/mol. The van der Waals surface area contributed by atoms with Crippen molar-refractivity contribution in [3.63, 3.8) is 0 Å². The highest BCUT2D eigenvalue weighted by atomic mass is 35.5. The Labute approximate surface area is 155 Å². The second-order valence-corrected chi connectivity index (χ2v) is 7.33. The van der Waals surface area contributed by atoms with Crippen molar-refractivity contribution in [3.8, 4) is 0 Å². The van der Waals surface area contributed by atoms with Gasteiger partial charge in [0.15, 0.2) is 5.82 Å². The Morgan fingerprint density at radius 3 is 2.67 bits per heavy atom. The molecule has 126 valence electrons. The number of hydrogen-bond acceptors (Lipinski definition) is 5. The molecule has 0 radical (unpaired) electrons. The first-order valence-corrected chi connectivity index (χ1v) is 8.94. The van der Waals surface area contributed by atoms with Gasteiger partial charge in [0.1, 0.15) is 0 Å². The number of nitrogens with two attached hydrogens (primary N) is 1. The molecule has 3 aromatic rings. The quantitative estimate of drug-likeness (QED) is 0.649. The standard InChI is InChI=1S/C17H16ClN3OS.ClH/c18-12-6-1-4-11-5-2-7-13(15(11)12)23-10-14-20-16(21-22-14)17(19)8-3-9-17;/h1-2,4-7H,3,8-10,19H2;1H. The van der Waals surface area contributed by atoms with E-state index in [2.05, 4.69) is 28.3 Å². The van der Waals surface area contributed by atoms with Crippen LogP contribution in [0.5, 0.6) is 0 Å². The number of fused-ring (bicyclic) bond motifs is 1. The van der Waals surface area contributed by atoms with E-state index in [1.165, 1.54) is 0 Å². The molecular formula is C17H17Cl2N3OS. The summed E-state index contributed by atoms with van der Waals surface area (Å²) in [5.41, 5.74) is 5.85. The van der Waals surface area contributed by atoms with Gasteiger partial charge in [0.25, 0.3) is 0 Å². The van der Waals surface area contributed by atoms with Crippen LogP contribution in [0.1, 0.15) is 31.0 Å². The van der Waals surface area contributed by atoms with E-state index in [4.69, 9.17) is 21.9 Å². The Morgan fingerprint density at radius 2 is 1.96 bits per heavy atom. The molecular weight excluding hydrogens is 365 g/mol.